The Kier molecular flexibility index (Phi) is 6.28. The number of amides is 1. The summed E-state index contributed by atoms with van der Waals surface area (Å²) in [6.45, 7) is 5.39. The zero-order valence-corrected chi connectivity index (χ0v) is 18.3. The van der Waals surface area contributed by atoms with Gasteiger partial charge >= 0.3 is 0 Å². The van der Waals surface area contributed by atoms with E-state index in [1.807, 2.05) is 26.0 Å². The number of aryl methyl sites for hydroxylation is 2. The van der Waals surface area contributed by atoms with Gasteiger partial charge in [-0.25, -0.2) is 4.39 Å². The Morgan fingerprint density at radius 2 is 1.94 bits per heavy atom. The number of halogens is 2. The lowest BCUT2D eigenvalue weighted by atomic mass is 10.0. The number of benzene rings is 2. The van der Waals surface area contributed by atoms with Crippen LogP contribution in [0.4, 0.5) is 4.39 Å². The summed E-state index contributed by atoms with van der Waals surface area (Å²) in [4.78, 5) is 14.4. The van der Waals surface area contributed by atoms with E-state index >= 15 is 0 Å². The highest BCUT2D eigenvalue weighted by molar-refractivity contribution is 6.32. The van der Waals surface area contributed by atoms with Crippen LogP contribution in [-0.2, 0) is 17.8 Å². The molecule has 0 aliphatic carbocycles. The van der Waals surface area contributed by atoms with Gasteiger partial charge in [-0.3, -0.25) is 4.79 Å². The highest BCUT2D eigenvalue weighted by Crippen LogP contribution is 2.31. The van der Waals surface area contributed by atoms with E-state index in [9.17, 15) is 9.18 Å². The Morgan fingerprint density at radius 3 is 2.65 bits per heavy atom. The zero-order chi connectivity index (χ0) is 22.0. The quantitative estimate of drug-likeness (QED) is 0.473. The Hall–Kier alpha value is -2.86. The monoisotopic (exact) mass is 442 g/mol. The van der Waals surface area contributed by atoms with Gasteiger partial charge in [-0.1, -0.05) is 16.8 Å². The molecule has 4 rings (SSSR count). The van der Waals surface area contributed by atoms with Crippen molar-refractivity contribution in [2.75, 3.05) is 13.2 Å². The molecule has 0 N–H and O–H groups in total. The average Bonchev–Trinajstić information content (AvgIpc) is 3.18. The van der Waals surface area contributed by atoms with Gasteiger partial charge in [0.2, 0.25) is 5.91 Å². The maximum absolute atomic E-state index is 13.2. The number of carbonyl (C=O) groups is 1. The van der Waals surface area contributed by atoms with Gasteiger partial charge in [0.1, 0.15) is 17.3 Å². The van der Waals surface area contributed by atoms with Gasteiger partial charge < -0.3 is 14.2 Å². The molecule has 162 valence electrons. The Balaban J connectivity index is 1.30. The second-order valence-electron chi connectivity index (χ2n) is 7.83. The number of rotatable bonds is 6. The van der Waals surface area contributed by atoms with Crippen molar-refractivity contribution in [3.8, 4) is 17.1 Å². The molecule has 0 saturated carbocycles. The largest absolute Gasteiger partial charge is 0.494 e. The topological polar surface area (TPSA) is 55.6 Å². The molecule has 0 fully saturated rings. The molecule has 2 aromatic carbocycles. The van der Waals surface area contributed by atoms with Crippen LogP contribution < -0.4 is 4.74 Å². The fourth-order valence-corrected chi connectivity index (χ4v) is 3.94. The van der Waals surface area contributed by atoms with Crippen molar-refractivity contribution in [1.82, 2.24) is 10.1 Å². The molecule has 0 bridgehead atoms. The number of nitrogens with zero attached hydrogens (tertiary/aromatic N) is 2. The molecule has 5 nitrogen and oxygen atoms in total. The molecule has 1 aliphatic rings. The summed E-state index contributed by atoms with van der Waals surface area (Å²) in [5, 5.41) is 4.90. The standard InChI is InChI=1S/C24H24ClFN2O3/c1-15-12-19(13-16(2)23(15)25)30-11-3-4-22(29)28-10-9-20-21(14-28)27-31-24(20)17-5-7-18(26)8-6-17/h5-8,12-13H,3-4,9-11,14H2,1-2H3. The molecule has 0 atom stereocenters. The van der Waals surface area contributed by atoms with Crippen LogP contribution in [0.25, 0.3) is 11.3 Å². The molecule has 0 saturated heterocycles. The van der Waals surface area contributed by atoms with Gasteiger partial charge in [0, 0.05) is 29.1 Å². The van der Waals surface area contributed by atoms with Crippen molar-refractivity contribution in [3.05, 3.63) is 69.6 Å². The first-order valence-corrected chi connectivity index (χ1v) is 10.7. The van der Waals surface area contributed by atoms with Gasteiger partial charge in [0.25, 0.3) is 0 Å². The van der Waals surface area contributed by atoms with Gasteiger partial charge in [-0.2, -0.15) is 0 Å². The van der Waals surface area contributed by atoms with E-state index in [0.29, 0.717) is 44.7 Å². The van der Waals surface area contributed by atoms with E-state index in [1.165, 1.54) is 12.1 Å². The number of fused-ring (bicyclic) bond motifs is 1. The van der Waals surface area contributed by atoms with E-state index in [2.05, 4.69) is 5.16 Å². The third-order valence-electron chi connectivity index (χ3n) is 5.51. The summed E-state index contributed by atoms with van der Waals surface area (Å²) >= 11 is 6.18. The molecule has 0 spiro atoms. The van der Waals surface area contributed by atoms with Crippen LogP contribution in [0, 0.1) is 19.7 Å². The number of carbonyl (C=O) groups excluding carboxylic acids is 1. The third-order valence-corrected chi connectivity index (χ3v) is 6.11. The molecule has 0 radical (unpaired) electrons. The summed E-state index contributed by atoms with van der Waals surface area (Å²) in [7, 11) is 0. The summed E-state index contributed by atoms with van der Waals surface area (Å²) in [6, 6.07) is 9.98. The first kappa shape index (κ1) is 21.4. The fraction of sp³-hybridized carbons (Fsp3) is 0.333. The highest BCUT2D eigenvalue weighted by atomic mass is 35.5. The third kappa shape index (κ3) is 4.74. The lowest BCUT2D eigenvalue weighted by Gasteiger charge is -2.26. The molecule has 7 heteroatoms. The van der Waals surface area contributed by atoms with Gasteiger partial charge in [0.15, 0.2) is 5.76 Å². The maximum atomic E-state index is 13.2. The summed E-state index contributed by atoms with van der Waals surface area (Å²) in [5.41, 5.74) is 4.50. The van der Waals surface area contributed by atoms with Crippen molar-refractivity contribution in [1.29, 1.82) is 0 Å². The smallest absolute Gasteiger partial charge is 0.223 e. The Labute approximate surface area is 185 Å². The minimum atomic E-state index is -0.292. The van der Waals surface area contributed by atoms with Crippen LogP contribution in [0.2, 0.25) is 5.02 Å². The average molecular weight is 443 g/mol. The predicted octanol–water partition coefficient (Wildman–Crippen LogP) is 5.49. The lowest BCUT2D eigenvalue weighted by molar-refractivity contribution is -0.132. The van der Waals surface area contributed by atoms with Crippen LogP contribution in [-0.4, -0.2) is 29.1 Å². The van der Waals surface area contributed by atoms with Gasteiger partial charge in [0.05, 0.1) is 13.2 Å². The molecule has 0 unspecified atom stereocenters. The Morgan fingerprint density at radius 1 is 1.23 bits per heavy atom. The van der Waals surface area contributed by atoms with Crippen molar-refractivity contribution in [2.24, 2.45) is 0 Å². The zero-order valence-electron chi connectivity index (χ0n) is 17.6. The van der Waals surface area contributed by atoms with E-state index in [0.717, 1.165) is 38.7 Å². The fourth-order valence-electron chi connectivity index (χ4n) is 3.83. The molecular weight excluding hydrogens is 419 g/mol. The first-order chi connectivity index (χ1) is 14.9. The van der Waals surface area contributed by atoms with E-state index in [1.54, 1.807) is 17.0 Å². The summed E-state index contributed by atoms with van der Waals surface area (Å²) in [6.07, 6.45) is 1.70. The number of hydrogen-bond donors (Lipinski definition) is 0. The van der Waals surface area contributed by atoms with Crippen molar-refractivity contribution in [3.63, 3.8) is 0 Å². The molecule has 1 aliphatic heterocycles. The normalized spacial score (nSPS) is 13.2. The van der Waals surface area contributed by atoms with Gasteiger partial charge in [-0.05, 0) is 74.2 Å². The first-order valence-electron chi connectivity index (χ1n) is 10.3. The molecule has 1 amide bonds. The van der Waals surface area contributed by atoms with Crippen LogP contribution in [0.5, 0.6) is 5.75 Å². The second-order valence-corrected chi connectivity index (χ2v) is 8.21. The molecular formula is C24H24ClFN2O3. The summed E-state index contributed by atoms with van der Waals surface area (Å²) < 4.78 is 24.5. The molecule has 31 heavy (non-hydrogen) atoms. The molecule has 3 aromatic rings. The van der Waals surface area contributed by atoms with Crippen LogP contribution in [0.15, 0.2) is 40.9 Å². The Bertz CT molecular complexity index is 1070. The lowest BCUT2D eigenvalue weighted by Crippen LogP contribution is -2.36. The van der Waals surface area contributed by atoms with E-state index in [-0.39, 0.29) is 11.7 Å². The minimum absolute atomic E-state index is 0.0732. The van der Waals surface area contributed by atoms with Gasteiger partial charge in [-0.15, -0.1) is 0 Å². The van der Waals surface area contributed by atoms with Crippen LogP contribution >= 0.6 is 11.6 Å². The van der Waals surface area contributed by atoms with Crippen molar-refractivity contribution < 1.29 is 18.4 Å². The number of ether oxygens (including phenoxy) is 1. The number of hydrogen-bond acceptors (Lipinski definition) is 4. The highest BCUT2D eigenvalue weighted by Gasteiger charge is 2.27. The van der Waals surface area contributed by atoms with Crippen LogP contribution in [0.1, 0.15) is 35.2 Å². The molecule has 2 heterocycles. The maximum Gasteiger partial charge on any atom is 0.223 e. The minimum Gasteiger partial charge on any atom is -0.494 e. The van der Waals surface area contributed by atoms with E-state index in [4.69, 9.17) is 20.9 Å². The van der Waals surface area contributed by atoms with Crippen molar-refractivity contribution in [2.45, 2.75) is 39.7 Å². The SMILES string of the molecule is Cc1cc(OCCCC(=O)N2CCc3c(noc3-c3ccc(F)cc3)C2)cc(C)c1Cl. The predicted molar refractivity (Wildman–Crippen MR) is 117 cm³/mol. The molecule has 1 aromatic heterocycles. The summed E-state index contributed by atoms with van der Waals surface area (Å²) in [5.74, 6) is 1.21. The number of aromatic nitrogens is 1. The van der Waals surface area contributed by atoms with Crippen LogP contribution in [0.3, 0.4) is 0 Å². The van der Waals surface area contributed by atoms with E-state index < -0.39 is 0 Å². The second kappa shape index (κ2) is 9.10. The van der Waals surface area contributed by atoms with Crippen molar-refractivity contribution >= 4 is 17.5 Å².